The Bertz CT molecular complexity index is 727. The zero-order chi connectivity index (χ0) is 23.2. The van der Waals surface area contributed by atoms with Crippen LogP contribution in [0.3, 0.4) is 0 Å². The first-order valence-electron chi connectivity index (χ1n) is 14.0. The smallest absolute Gasteiger partial charge is 0.0114 e. The second-order valence-electron chi connectivity index (χ2n) is 9.76. The Morgan fingerprint density at radius 2 is 0.781 bits per heavy atom. The number of hydrogen-bond donors (Lipinski definition) is 0. The Labute approximate surface area is 200 Å². The van der Waals surface area contributed by atoms with E-state index in [2.05, 4.69) is 65.0 Å². The van der Waals surface area contributed by atoms with E-state index in [9.17, 15) is 0 Å². The van der Waals surface area contributed by atoms with Gasteiger partial charge < -0.3 is 0 Å². The predicted molar refractivity (Wildman–Crippen MR) is 145 cm³/mol. The van der Waals surface area contributed by atoms with Gasteiger partial charge in [0.2, 0.25) is 0 Å². The number of benzene rings is 2. The number of rotatable bonds is 16. The van der Waals surface area contributed by atoms with Crippen molar-refractivity contribution < 1.29 is 0 Å². The van der Waals surface area contributed by atoms with Crippen LogP contribution < -0.4 is 0 Å². The van der Waals surface area contributed by atoms with Crippen LogP contribution in [-0.2, 0) is 32.1 Å². The van der Waals surface area contributed by atoms with Crippen molar-refractivity contribution in [1.29, 1.82) is 0 Å². The van der Waals surface area contributed by atoms with Gasteiger partial charge in [-0.1, -0.05) is 97.1 Å². The third-order valence-corrected chi connectivity index (χ3v) is 6.87. The zero-order valence-electron chi connectivity index (χ0n) is 22.0. The molecule has 32 heavy (non-hydrogen) atoms. The van der Waals surface area contributed by atoms with Crippen LogP contribution in [0.1, 0.15) is 127 Å². The summed E-state index contributed by atoms with van der Waals surface area (Å²) in [4.78, 5) is 0. The molecule has 0 heterocycles. The highest BCUT2D eigenvalue weighted by Gasteiger charge is 2.19. The first-order chi connectivity index (χ1) is 15.7. The van der Waals surface area contributed by atoms with Gasteiger partial charge in [-0.25, -0.2) is 0 Å². The Morgan fingerprint density at radius 3 is 1.19 bits per heavy atom. The van der Waals surface area contributed by atoms with Crippen molar-refractivity contribution in [2.24, 2.45) is 0 Å². The van der Waals surface area contributed by atoms with E-state index in [1.165, 1.54) is 96.3 Å². The minimum absolute atomic E-state index is 1.21. The molecule has 0 aliphatic carbocycles. The summed E-state index contributed by atoms with van der Waals surface area (Å²) in [6.45, 7) is 11.6. The first kappa shape index (κ1) is 26.7. The standard InChI is InChI=1S/C32H50/c1-6-11-17-26-24-29(20-14-9-4)32(30(25-26)21-15-10-5)31-27(18-12-7-2)22-16-23-28(31)19-13-8-3/h16,22-25H,6-15,17-21H2,1-5H3. The molecule has 0 heteroatoms. The third kappa shape index (κ3) is 7.79. The molecule has 2 aromatic rings. The highest BCUT2D eigenvalue weighted by Crippen LogP contribution is 2.38. The minimum atomic E-state index is 1.21. The molecule has 0 saturated heterocycles. The quantitative estimate of drug-likeness (QED) is 0.246. The van der Waals surface area contributed by atoms with Crippen molar-refractivity contribution >= 4 is 0 Å². The Balaban J connectivity index is 2.72. The maximum Gasteiger partial charge on any atom is -0.0114 e. The number of unbranched alkanes of at least 4 members (excludes halogenated alkanes) is 5. The summed E-state index contributed by atoms with van der Waals surface area (Å²) in [5, 5.41) is 0. The lowest BCUT2D eigenvalue weighted by Crippen LogP contribution is -2.05. The molecule has 0 atom stereocenters. The van der Waals surface area contributed by atoms with E-state index in [0.29, 0.717) is 0 Å². The van der Waals surface area contributed by atoms with E-state index in [-0.39, 0.29) is 0 Å². The van der Waals surface area contributed by atoms with Gasteiger partial charge in [0.1, 0.15) is 0 Å². The maximum absolute atomic E-state index is 2.59. The van der Waals surface area contributed by atoms with Crippen LogP contribution >= 0.6 is 0 Å². The molecule has 0 bridgehead atoms. The van der Waals surface area contributed by atoms with E-state index in [4.69, 9.17) is 0 Å². The fraction of sp³-hybridized carbons (Fsp3) is 0.625. The zero-order valence-corrected chi connectivity index (χ0v) is 22.0. The summed E-state index contributed by atoms with van der Waals surface area (Å²) >= 11 is 0. The first-order valence-corrected chi connectivity index (χ1v) is 14.0. The van der Waals surface area contributed by atoms with Gasteiger partial charge in [-0.3, -0.25) is 0 Å². The normalized spacial score (nSPS) is 11.3. The molecule has 0 aromatic heterocycles. The molecule has 0 amide bonds. The van der Waals surface area contributed by atoms with Gasteiger partial charge >= 0.3 is 0 Å². The summed E-state index contributed by atoms with van der Waals surface area (Å²) in [5.41, 5.74) is 11.3. The van der Waals surface area contributed by atoms with Crippen molar-refractivity contribution in [3.8, 4) is 11.1 Å². The molecule has 0 fully saturated rings. The average Bonchev–Trinajstić information content (AvgIpc) is 2.82. The molecular formula is C32H50. The third-order valence-electron chi connectivity index (χ3n) is 6.87. The summed E-state index contributed by atoms with van der Waals surface area (Å²) in [6.07, 6.45) is 18.9. The molecule has 0 unspecified atom stereocenters. The fourth-order valence-electron chi connectivity index (χ4n) is 4.94. The van der Waals surface area contributed by atoms with Crippen molar-refractivity contribution in [3.63, 3.8) is 0 Å². The molecule has 0 N–H and O–H groups in total. The topological polar surface area (TPSA) is 0 Å². The second kappa shape index (κ2) is 15.3. The van der Waals surface area contributed by atoms with Crippen LogP contribution in [0.15, 0.2) is 30.3 Å². The van der Waals surface area contributed by atoms with Gasteiger partial charge in [-0.2, -0.15) is 0 Å². The molecule has 2 rings (SSSR count). The molecule has 178 valence electrons. The van der Waals surface area contributed by atoms with Crippen molar-refractivity contribution in [1.82, 2.24) is 0 Å². The lowest BCUT2D eigenvalue weighted by atomic mass is 9.81. The molecule has 2 aromatic carbocycles. The predicted octanol–water partition coefficient (Wildman–Crippen LogP) is 10.1. The van der Waals surface area contributed by atoms with Gasteiger partial charge in [0.25, 0.3) is 0 Å². The van der Waals surface area contributed by atoms with E-state index in [1.54, 1.807) is 38.9 Å². The Kier molecular flexibility index (Phi) is 12.8. The fourth-order valence-corrected chi connectivity index (χ4v) is 4.94. The highest BCUT2D eigenvalue weighted by atomic mass is 14.2. The van der Waals surface area contributed by atoms with E-state index >= 15 is 0 Å². The Morgan fingerprint density at radius 1 is 0.438 bits per heavy atom. The second-order valence-corrected chi connectivity index (χ2v) is 9.76. The van der Waals surface area contributed by atoms with Crippen LogP contribution in [0, 0.1) is 0 Å². The molecule has 0 aliphatic heterocycles. The summed E-state index contributed by atoms with van der Waals surface area (Å²) in [7, 11) is 0. The van der Waals surface area contributed by atoms with Gasteiger partial charge in [0.05, 0.1) is 0 Å². The molecular weight excluding hydrogens is 384 g/mol. The lowest BCUT2D eigenvalue weighted by molar-refractivity contribution is 0.763. The number of hydrogen-bond acceptors (Lipinski definition) is 0. The molecule has 0 spiro atoms. The van der Waals surface area contributed by atoms with E-state index in [0.717, 1.165) is 0 Å². The van der Waals surface area contributed by atoms with Crippen LogP contribution in [0.5, 0.6) is 0 Å². The van der Waals surface area contributed by atoms with Gasteiger partial charge in [-0.05, 0) is 103 Å². The van der Waals surface area contributed by atoms with Gasteiger partial charge in [0, 0.05) is 0 Å². The summed E-state index contributed by atoms with van der Waals surface area (Å²) in [5.74, 6) is 0. The van der Waals surface area contributed by atoms with E-state index in [1.807, 2.05) is 0 Å². The molecule has 0 saturated carbocycles. The average molecular weight is 435 g/mol. The maximum atomic E-state index is 2.59. The minimum Gasteiger partial charge on any atom is -0.0654 e. The lowest BCUT2D eigenvalue weighted by Gasteiger charge is -2.23. The SMILES string of the molecule is CCCCc1cc(CCCC)c(-c2c(CCCC)cccc2CCCC)c(CCCC)c1. The molecule has 0 radical (unpaired) electrons. The van der Waals surface area contributed by atoms with Crippen molar-refractivity contribution in [2.75, 3.05) is 0 Å². The van der Waals surface area contributed by atoms with Crippen molar-refractivity contribution in [2.45, 2.75) is 131 Å². The van der Waals surface area contributed by atoms with Crippen LogP contribution in [-0.4, -0.2) is 0 Å². The van der Waals surface area contributed by atoms with Crippen LogP contribution in [0.25, 0.3) is 11.1 Å². The monoisotopic (exact) mass is 434 g/mol. The van der Waals surface area contributed by atoms with Crippen molar-refractivity contribution in [3.05, 3.63) is 58.1 Å². The molecule has 0 aliphatic rings. The molecule has 0 nitrogen and oxygen atoms in total. The number of aryl methyl sites for hydroxylation is 5. The summed E-state index contributed by atoms with van der Waals surface area (Å²) < 4.78 is 0. The largest absolute Gasteiger partial charge is 0.0654 e. The summed E-state index contributed by atoms with van der Waals surface area (Å²) in [6, 6.07) is 12.4. The van der Waals surface area contributed by atoms with Gasteiger partial charge in [0.15, 0.2) is 0 Å². The van der Waals surface area contributed by atoms with Crippen LogP contribution in [0.4, 0.5) is 0 Å². The Hall–Kier alpha value is -1.56. The van der Waals surface area contributed by atoms with E-state index < -0.39 is 0 Å². The van der Waals surface area contributed by atoms with Gasteiger partial charge in [-0.15, -0.1) is 0 Å². The van der Waals surface area contributed by atoms with Crippen LogP contribution in [0.2, 0.25) is 0 Å². The highest BCUT2D eigenvalue weighted by molar-refractivity contribution is 5.78.